The van der Waals surface area contributed by atoms with Crippen LogP contribution in [0, 0.1) is 0 Å². The fourth-order valence-corrected chi connectivity index (χ4v) is 5.53. The van der Waals surface area contributed by atoms with E-state index in [0.717, 1.165) is 72.5 Å². The fourth-order valence-electron chi connectivity index (χ4n) is 5.53. The standard InChI is InChI=1S/C41H37F6NO4/c42-40(43,44)33-14-8-12-30(22-33)36-24-32(25-37(38(36)49)31-13-9-15-34(23-31)41(45,46)47)39(50)48-20-6-1-2-7-21-51-26-29-16-18-35(19-17-29)52-27-28-10-4-3-5-11-28/h3-5,8-19,22-25,49H,1-2,6-7,20-21,26-27H2,(H,48,50). The number of amides is 1. The van der Waals surface area contributed by atoms with Crippen molar-refractivity contribution >= 4 is 5.91 Å². The lowest BCUT2D eigenvalue weighted by Gasteiger charge is -2.16. The lowest BCUT2D eigenvalue weighted by Crippen LogP contribution is -2.24. The summed E-state index contributed by atoms with van der Waals surface area (Å²) in [6.45, 7) is 1.80. The summed E-state index contributed by atoms with van der Waals surface area (Å²) in [5.74, 6) is -0.360. The molecule has 0 bridgehead atoms. The van der Waals surface area contributed by atoms with Gasteiger partial charge in [0.25, 0.3) is 5.91 Å². The van der Waals surface area contributed by atoms with Gasteiger partial charge in [-0.15, -0.1) is 0 Å². The van der Waals surface area contributed by atoms with Gasteiger partial charge in [0, 0.05) is 29.8 Å². The van der Waals surface area contributed by atoms with Gasteiger partial charge in [0.1, 0.15) is 18.1 Å². The number of carbonyl (C=O) groups excluding carboxylic acids is 1. The molecule has 0 radical (unpaired) electrons. The van der Waals surface area contributed by atoms with E-state index in [1.807, 2.05) is 54.6 Å². The maximum absolute atomic E-state index is 13.5. The second kappa shape index (κ2) is 17.3. The molecule has 0 atom stereocenters. The Morgan fingerprint density at radius 3 is 1.75 bits per heavy atom. The number of nitrogens with one attached hydrogen (secondary N) is 1. The Balaban J connectivity index is 1.13. The van der Waals surface area contributed by atoms with E-state index < -0.39 is 35.1 Å². The molecule has 5 nitrogen and oxygen atoms in total. The third-order valence-electron chi connectivity index (χ3n) is 8.32. The Kier molecular flexibility index (Phi) is 12.6. The van der Waals surface area contributed by atoms with Crippen LogP contribution in [0.1, 0.15) is 58.3 Å². The summed E-state index contributed by atoms with van der Waals surface area (Å²) in [6, 6.07) is 28.4. The maximum Gasteiger partial charge on any atom is 0.416 e. The number of halogens is 6. The fraction of sp³-hybridized carbons (Fsp3) is 0.244. The highest BCUT2D eigenvalue weighted by atomic mass is 19.4. The Bertz CT molecular complexity index is 1850. The van der Waals surface area contributed by atoms with Gasteiger partial charge in [-0.25, -0.2) is 0 Å². The number of rotatable bonds is 15. The number of alkyl halides is 6. The molecule has 0 unspecified atom stereocenters. The zero-order valence-electron chi connectivity index (χ0n) is 28.1. The van der Waals surface area contributed by atoms with E-state index in [2.05, 4.69) is 5.32 Å². The van der Waals surface area contributed by atoms with E-state index in [0.29, 0.717) is 26.2 Å². The van der Waals surface area contributed by atoms with Gasteiger partial charge in [-0.05, 0) is 83.6 Å². The van der Waals surface area contributed by atoms with E-state index in [1.165, 1.54) is 24.3 Å². The quantitative estimate of drug-likeness (QED) is 0.0834. The number of hydrogen-bond acceptors (Lipinski definition) is 4. The molecule has 5 rings (SSSR count). The smallest absolute Gasteiger partial charge is 0.416 e. The minimum absolute atomic E-state index is 0.0261. The second-order valence-corrected chi connectivity index (χ2v) is 12.2. The van der Waals surface area contributed by atoms with Crippen LogP contribution in [0.5, 0.6) is 11.5 Å². The second-order valence-electron chi connectivity index (χ2n) is 12.2. The number of benzene rings is 5. The lowest BCUT2D eigenvalue weighted by atomic mass is 9.92. The molecular weight excluding hydrogens is 684 g/mol. The number of carbonyl (C=O) groups is 1. The van der Waals surface area contributed by atoms with Crippen molar-refractivity contribution in [3.05, 3.63) is 143 Å². The van der Waals surface area contributed by atoms with Gasteiger partial charge in [0.05, 0.1) is 17.7 Å². The molecule has 0 saturated carbocycles. The van der Waals surface area contributed by atoms with Crippen LogP contribution in [0.15, 0.2) is 115 Å². The van der Waals surface area contributed by atoms with Crippen LogP contribution in [-0.2, 0) is 30.3 Å². The van der Waals surface area contributed by atoms with Gasteiger partial charge in [-0.3, -0.25) is 4.79 Å². The molecule has 0 aliphatic carbocycles. The van der Waals surface area contributed by atoms with Crippen LogP contribution in [-0.4, -0.2) is 24.2 Å². The summed E-state index contributed by atoms with van der Waals surface area (Å²) >= 11 is 0. The summed E-state index contributed by atoms with van der Waals surface area (Å²) < 4.78 is 92.5. The third-order valence-corrected chi connectivity index (χ3v) is 8.32. The largest absolute Gasteiger partial charge is 0.507 e. The average Bonchev–Trinajstić information content (AvgIpc) is 3.13. The number of ether oxygens (including phenoxy) is 2. The molecule has 0 heterocycles. The SMILES string of the molecule is O=C(NCCCCCCOCc1ccc(OCc2ccccc2)cc1)c1cc(-c2cccc(C(F)(F)F)c2)c(O)c(-c2cccc(C(F)(F)F)c2)c1. The Hall–Kier alpha value is -5.29. The first kappa shape index (κ1) is 38.0. The minimum Gasteiger partial charge on any atom is -0.507 e. The van der Waals surface area contributed by atoms with Gasteiger partial charge < -0.3 is 19.9 Å². The van der Waals surface area contributed by atoms with Gasteiger partial charge in [0.2, 0.25) is 0 Å². The average molecular weight is 722 g/mol. The molecule has 2 N–H and O–H groups in total. The topological polar surface area (TPSA) is 67.8 Å². The molecule has 0 aliphatic heterocycles. The van der Waals surface area contributed by atoms with Crippen molar-refractivity contribution in [1.29, 1.82) is 0 Å². The Morgan fingerprint density at radius 2 is 1.17 bits per heavy atom. The third kappa shape index (κ3) is 10.6. The van der Waals surface area contributed by atoms with E-state index in [1.54, 1.807) is 0 Å². The molecule has 5 aromatic rings. The molecule has 0 saturated heterocycles. The molecule has 52 heavy (non-hydrogen) atoms. The zero-order valence-corrected chi connectivity index (χ0v) is 28.1. The molecule has 5 aromatic carbocycles. The van der Waals surface area contributed by atoms with Crippen LogP contribution in [0.4, 0.5) is 26.3 Å². The van der Waals surface area contributed by atoms with E-state index in [4.69, 9.17) is 9.47 Å². The van der Waals surface area contributed by atoms with Gasteiger partial charge in [0.15, 0.2) is 0 Å². The Morgan fingerprint density at radius 1 is 0.615 bits per heavy atom. The highest BCUT2D eigenvalue weighted by Crippen LogP contribution is 2.42. The summed E-state index contributed by atoms with van der Waals surface area (Å²) in [5.41, 5.74) is -0.236. The summed E-state index contributed by atoms with van der Waals surface area (Å²) in [4.78, 5) is 13.2. The van der Waals surface area contributed by atoms with Crippen molar-refractivity contribution in [1.82, 2.24) is 5.32 Å². The van der Waals surface area contributed by atoms with Crippen molar-refractivity contribution in [3.8, 4) is 33.8 Å². The van der Waals surface area contributed by atoms with E-state index in [-0.39, 0.29) is 34.4 Å². The molecule has 11 heteroatoms. The van der Waals surface area contributed by atoms with Crippen LogP contribution in [0.3, 0.4) is 0 Å². The first-order valence-electron chi connectivity index (χ1n) is 16.7. The highest BCUT2D eigenvalue weighted by Gasteiger charge is 2.32. The predicted molar refractivity (Wildman–Crippen MR) is 187 cm³/mol. The summed E-state index contributed by atoms with van der Waals surface area (Å²) in [6.07, 6.45) is -6.28. The number of aromatic hydroxyl groups is 1. The predicted octanol–water partition coefficient (Wildman–Crippen LogP) is 10.8. The highest BCUT2D eigenvalue weighted by molar-refractivity contribution is 5.99. The Labute approximate surface area is 297 Å². The van der Waals surface area contributed by atoms with Crippen LogP contribution in [0.25, 0.3) is 22.3 Å². The number of phenolic OH excluding ortho intramolecular Hbond substituents is 1. The molecule has 0 aliphatic rings. The summed E-state index contributed by atoms with van der Waals surface area (Å²) in [5, 5.41) is 13.9. The maximum atomic E-state index is 13.5. The first-order chi connectivity index (χ1) is 24.9. The molecule has 272 valence electrons. The molecular formula is C41H37F6NO4. The van der Waals surface area contributed by atoms with Crippen molar-refractivity contribution in [3.63, 3.8) is 0 Å². The first-order valence-corrected chi connectivity index (χ1v) is 16.7. The summed E-state index contributed by atoms with van der Waals surface area (Å²) in [7, 11) is 0. The molecule has 0 spiro atoms. The van der Waals surface area contributed by atoms with Crippen LogP contribution < -0.4 is 10.1 Å². The van der Waals surface area contributed by atoms with Gasteiger partial charge >= 0.3 is 12.4 Å². The van der Waals surface area contributed by atoms with Crippen molar-refractivity contribution in [2.24, 2.45) is 0 Å². The minimum atomic E-state index is -4.68. The number of phenols is 1. The molecule has 1 amide bonds. The van der Waals surface area contributed by atoms with Crippen molar-refractivity contribution in [2.45, 2.75) is 51.2 Å². The van der Waals surface area contributed by atoms with E-state index >= 15 is 0 Å². The number of hydrogen-bond donors (Lipinski definition) is 2. The van der Waals surface area contributed by atoms with Crippen molar-refractivity contribution in [2.75, 3.05) is 13.2 Å². The van der Waals surface area contributed by atoms with Gasteiger partial charge in [-0.2, -0.15) is 26.3 Å². The lowest BCUT2D eigenvalue weighted by molar-refractivity contribution is -0.138. The zero-order chi connectivity index (χ0) is 37.1. The molecule has 0 fully saturated rings. The monoisotopic (exact) mass is 721 g/mol. The van der Waals surface area contributed by atoms with Gasteiger partial charge in [-0.1, -0.05) is 79.6 Å². The normalized spacial score (nSPS) is 11.7. The number of unbranched alkanes of at least 4 members (excludes halogenated alkanes) is 3. The molecule has 0 aromatic heterocycles. The van der Waals surface area contributed by atoms with E-state index in [9.17, 15) is 36.2 Å². The van der Waals surface area contributed by atoms with Crippen LogP contribution in [0.2, 0.25) is 0 Å². The van der Waals surface area contributed by atoms with Crippen LogP contribution >= 0.6 is 0 Å². The van der Waals surface area contributed by atoms with Crippen molar-refractivity contribution < 1.29 is 45.7 Å².